The average Bonchev–Trinajstić information content (AvgIpc) is 3.28. The monoisotopic (exact) mass is 499 g/mol. The number of nitrogens with zero attached hydrogens (tertiary/aromatic N) is 1. The molecule has 0 aromatic heterocycles. The molecule has 2 aromatic rings. The molecule has 2 N–H and O–H groups in total. The molecule has 2 saturated heterocycles. The zero-order chi connectivity index (χ0) is 24.6. The molecule has 0 unspecified atom stereocenters. The van der Waals surface area contributed by atoms with E-state index < -0.39 is 27.6 Å². The molecule has 186 valence electrons. The predicted molar refractivity (Wildman–Crippen MR) is 131 cm³/mol. The van der Waals surface area contributed by atoms with Crippen LogP contribution in [-0.2, 0) is 29.9 Å². The van der Waals surface area contributed by atoms with Crippen molar-refractivity contribution in [1.29, 1.82) is 0 Å². The number of hydrogen-bond donors (Lipinski definition) is 2. The summed E-state index contributed by atoms with van der Waals surface area (Å²) in [5.41, 5.74) is 3.13. The molecule has 10 heteroatoms. The molecule has 3 aliphatic heterocycles. The maximum atomic E-state index is 13.1. The van der Waals surface area contributed by atoms with E-state index in [0.717, 1.165) is 11.1 Å². The van der Waals surface area contributed by atoms with Crippen LogP contribution in [0.5, 0.6) is 0 Å². The molecule has 5 rings (SSSR count). The van der Waals surface area contributed by atoms with E-state index in [1.54, 1.807) is 35.2 Å². The third-order valence-electron chi connectivity index (χ3n) is 6.85. The van der Waals surface area contributed by atoms with E-state index in [-0.39, 0.29) is 17.4 Å². The lowest BCUT2D eigenvalue weighted by Crippen LogP contribution is -2.47. The van der Waals surface area contributed by atoms with Gasteiger partial charge in [0.15, 0.2) is 15.6 Å². The van der Waals surface area contributed by atoms with Crippen LogP contribution in [0, 0.1) is 6.92 Å². The average molecular weight is 500 g/mol. The molecule has 2 fully saturated rings. The number of nitrogens with one attached hydrogen (secondary N) is 2. The second-order valence-corrected chi connectivity index (χ2v) is 11.4. The van der Waals surface area contributed by atoms with E-state index >= 15 is 0 Å². The van der Waals surface area contributed by atoms with Crippen LogP contribution in [-0.4, -0.2) is 69.0 Å². The Morgan fingerprint density at radius 2 is 1.80 bits per heavy atom. The second-order valence-electron chi connectivity index (χ2n) is 9.33. The van der Waals surface area contributed by atoms with Crippen LogP contribution in [0.3, 0.4) is 0 Å². The van der Waals surface area contributed by atoms with E-state index in [1.807, 2.05) is 19.1 Å². The van der Waals surface area contributed by atoms with Gasteiger partial charge in [-0.3, -0.25) is 9.59 Å². The highest BCUT2D eigenvalue weighted by Crippen LogP contribution is 2.33. The summed E-state index contributed by atoms with van der Waals surface area (Å²) in [5, 5.41) is 5.80. The van der Waals surface area contributed by atoms with E-state index in [2.05, 4.69) is 10.6 Å². The van der Waals surface area contributed by atoms with Crippen molar-refractivity contribution in [2.24, 2.45) is 0 Å². The van der Waals surface area contributed by atoms with Crippen molar-refractivity contribution < 1.29 is 27.5 Å². The number of benzene rings is 2. The zero-order valence-electron chi connectivity index (χ0n) is 19.6. The van der Waals surface area contributed by atoms with E-state index in [9.17, 15) is 18.0 Å². The zero-order valence-corrected chi connectivity index (χ0v) is 20.4. The fourth-order valence-electron chi connectivity index (χ4n) is 4.84. The summed E-state index contributed by atoms with van der Waals surface area (Å²) in [6.07, 6.45) is 1.25. The number of anilines is 2. The Balaban J connectivity index is 1.24. The number of aryl methyl sites for hydroxylation is 1. The second kappa shape index (κ2) is 9.25. The normalized spacial score (nSPS) is 21.3. The van der Waals surface area contributed by atoms with Crippen LogP contribution in [0.1, 0.15) is 34.3 Å². The summed E-state index contributed by atoms with van der Waals surface area (Å²) in [5.74, 6) is -1.58. The van der Waals surface area contributed by atoms with Crippen molar-refractivity contribution in [3.63, 3.8) is 0 Å². The van der Waals surface area contributed by atoms with Gasteiger partial charge in [-0.15, -0.1) is 0 Å². The maximum Gasteiger partial charge on any atom is 0.253 e. The van der Waals surface area contributed by atoms with Gasteiger partial charge in [-0.25, -0.2) is 8.42 Å². The van der Waals surface area contributed by atoms with Crippen molar-refractivity contribution in [1.82, 2.24) is 4.90 Å². The predicted octanol–water partition coefficient (Wildman–Crippen LogP) is 2.32. The van der Waals surface area contributed by atoms with Crippen LogP contribution in [0.2, 0.25) is 0 Å². The van der Waals surface area contributed by atoms with Gasteiger partial charge in [-0.1, -0.05) is 24.3 Å². The molecule has 0 saturated carbocycles. The Hall–Kier alpha value is -2.95. The molecular weight excluding hydrogens is 470 g/mol. The van der Waals surface area contributed by atoms with Crippen molar-refractivity contribution >= 4 is 33.0 Å². The number of hydrogen-bond acceptors (Lipinski definition) is 7. The number of carbonyl (C=O) groups excluding carboxylic acids is 2. The SMILES string of the molecule is Cc1ccccc1CS(=O)(=O)C[C@H]1Nc2ccc(C(=O)N3CCC4(CC3)OCCO4)cc2NC1=O. The standard InChI is InChI=1S/C25H29N3O6S/c1-17-4-2-3-5-19(17)15-35(31,32)16-22-23(29)27-21-14-18(6-7-20(21)26-22)24(30)28-10-8-25(9-11-28)33-12-13-34-25/h2-7,14,22,26H,8-13,15-16H2,1H3,(H,27,29)/t22-/m1/s1. The Bertz CT molecular complexity index is 1250. The van der Waals surface area contributed by atoms with E-state index in [1.165, 1.54) is 0 Å². The summed E-state index contributed by atoms with van der Waals surface area (Å²) in [6, 6.07) is 11.4. The van der Waals surface area contributed by atoms with Gasteiger partial charge >= 0.3 is 0 Å². The van der Waals surface area contributed by atoms with Gasteiger partial charge in [-0.2, -0.15) is 0 Å². The van der Waals surface area contributed by atoms with Gasteiger partial charge in [-0.05, 0) is 36.2 Å². The van der Waals surface area contributed by atoms with Crippen LogP contribution < -0.4 is 10.6 Å². The fraction of sp³-hybridized carbons (Fsp3) is 0.440. The van der Waals surface area contributed by atoms with Gasteiger partial charge in [0, 0.05) is 31.5 Å². The van der Waals surface area contributed by atoms with Crippen LogP contribution in [0.15, 0.2) is 42.5 Å². The minimum atomic E-state index is -3.54. The summed E-state index contributed by atoms with van der Waals surface area (Å²) >= 11 is 0. The van der Waals surface area contributed by atoms with Gasteiger partial charge in [0.1, 0.15) is 6.04 Å². The first-order chi connectivity index (χ1) is 16.7. The topological polar surface area (TPSA) is 114 Å². The molecular formula is C25H29N3O6S. The highest BCUT2D eigenvalue weighted by molar-refractivity contribution is 7.90. The Morgan fingerprint density at radius 3 is 2.51 bits per heavy atom. The number of amides is 2. The molecule has 35 heavy (non-hydrogen) atoms. The number of piperidine rings is 1. The van der Waals surface area contributed by atoms with E-state index in [4.69, 9.17) is 9.47 Å². The summed E-state index contributed by atoms with van der Waals surface area (Å²) in [4.78, 5) is 27.5. The van der Waals surface area contributed by atoms with Crippen LogP contribution in [0.4, 0.5) is 11.4 Å². The summed E-state index contributed by atoms with van der Waals surface area (Å²) in [6.45, 7) is 4.09. The highest BCUT2D eigenvalue weighted by Gasteiger charge is 2.41. The molecule has 0 bridgehead atoms. The first-order valence-electron chi connectivity index (χ1n) is 11.8. The van der Waals surface area contributed by atoms with Crippen molar-refractivity contribution in [3.05, 3.63) is 59.2 Å². The number of sulfone groups is 1. The number of fused-ring (bicyclic) bond motifs is 1. The fourth-order valence-corrected chi connectivity index (χ4v) is 6.50. The van der Waals surface area contributed by atoms with Crippen molar-refractivity contribution in [2.45, 2.75) is 37.3 Å². The molecule has 9 nitrogen and oxygen atoms in total. The molecule has 2 aromatic carbocycles. The quantitative estimate of drug-likeness (QED) is 0.649. The van der Waals surface area contributed by atoms with Crippen molar-refractivity contribution in [2.75, 3.05) is 42.7 Å². The number of carbonyl (C=O) groups is 2. The number of ether oxygens (including phenoxy) is 2. The third kappa shape index (κ3) is 5.05. The minimum absolute atomic E-state index is 0.126. The maximum absolute atomic E-state index is 13.1. The lowest BCUT2D eigenvalue weighted by Gasteiger charge is -2.37. The lowest BCUT2D eigenvalue weighted by molar-refractivity contribution is -0.181. The third-order valence-corrected chi connectivity index (χ3v) is 8.45. The van der Waals surface area contributed by atoms with Crippen LogP contribution in [0.25, 0.3) is 0 Å². The first-order valence-corrected chi connectivity index (χ1v) is 13.6. The molecule has 0 aliphatic carbocycles. The smallest absolute Gasteiger partial charge is 0.253 e. The van der Waals surface area contributed by atoms with Gasteiger partial charge in [0.25, 0.3) is 5.91 Å². The van der Waals surface area contributed by atoms with E-state index in [0.29, 0.717) is 56.1 Å². The van der Waals surface area contributed by atoms with Gasteiger partial charge < -0.3 is 25.0 Å². The molecule has 1 atom stereocenters. The molecule has 3 heterocycles. The largest absolute Gasteiger partial charge is 0.371 e. The molecule has 1 spiro atoms. The van der Waals surface area contributed by atoms with Gasteiger partial charge in [0.2, 0.25) is 5.91 Å². The number of likely N-dealkylation sites (tertiary alicyclic amines) is 1. The molecule has 3 aliphatic rings. The summed E-state index contributed by atoms with van der Waals surface area (Å²) in [7, 11) is -3.54. The Kier molecular flexibility index (Phi) is 6.29. The molecule has 0 radical (unpaired) electrons. The summed E-state index contributed by atoms with van der Waals surface area (Å²) < 4.78 is 37.1. The first kappa shape index (κ1) is 23.8. The molecule has 2 amide bonds. The Labute approximate surface area is 204 Å². The van der Waals surface area contributed by atoms with Crippen molar-refractivity contribution in [3.8, 4) is 0 Å². The lowest BCUT2D eigenvalue weighted by atomic mass is 10.0. The minimum Gasteiger partial charge on any atom is -0.371 e. The number of rotatable bonds is 5. The van der Waals surface area contributed by atoms with Gasteiger partial charge in [0.05, 0.1) is 36.1 Å². The highest BCUT2D eigenvalue weighted by atomic mass is 32.2. The Morgan fingerprint density at radius 1 is 1.09 bits per heavy atom. The van der Waals surface area contributed by atoms with Crippen LogP contribution >= 0.6 is 0 Å².